The molecule has 0 saturated carbocycles. The SMILES string of the molecule is CC(CO)N(C)CC(Br)C(F)(F)F. The first-order chi connectivity index (χ1) is 5.79. The van der Waals surface area contributed by atoms with Crippen LogP contribution in [0.4, 0.5) is 13.2 Å². The van der Waals surface area contributed by atoms with Crippen molar-refractivity contribution in [3.8, 4) is 0 Å². The summed E-state index contributed by atoms with van der Waals surface area (Å²) in [5.74, 6) is 0. The zero-order chi connectivity index (χ0) is 10.6. The standard InChI is InChI=1S/C7H13BrF3NO/c1-5(4-13)12(2)3-6(8)7(9,10)11/h5-6,13H,3-4H2,1-2H3. The van der Waals surface area contributed by atoms with Crippen LogP contribution in [0.1, 0.15) is 6.92 Å². The predicted molar refractivity (Wildman–Crippen MR) is 47.9 cm³/mol. The second-order valence-corrected chi connectivity index (χ2v) is 4.09. The third-order valence-corrected chi connectivity index (χ3v) is 2.63. The number of likely N-dealkylation sites (N-methyl/N-ethyl adjacent to an activating group) is 1. The highest BCUT2D eigenvalue weighted by Gasteiger charge is 2.38. The molecule has 0 spiro atoms. The summed E-state index contributed by atoms with van der Waals surface area (Å²) < 4.78 is 36.1. The van der Waals surface area contributed by atoms with Gasteiger partial charge in [-0.3, -0.25) is 4.90 Å². The Bertz CT molecular complexity index is 153. The molecule has 1 N–H and O–H groups in total. The fourth-order valence-corrected chi connectivity index (χ4v) is 1.13. The molecule has 2 unspecified atom stereocenters. The Morgan fingerprint density at radius 2 is 1.92 bits per heavy atom. The smallest absolute Gasteiger partial charge is 0.395 e. The molecule has 0 saturated heterocycles. The van der Waals surface area contributed by atoms with Gasteiger partial charge in [-0.05, 0) is 14.0 Å². The molecule has 0 aliphatic heterocycles. The molecule has 80 valence electrons. The Kier molecular flexibility index (Phi) is 5.24. The van der Waals surface area contributed by atoms with E-state index in [2.05, 4.69) is 15.9 Å². The molecule has 2 atom stereocenters. The summed E-state index contributed by atoms with van der Waals surface area (Å²) in [5.41, 5.74) is 0. The largest absolute Gasteiger partial charge is 0.402 e. The summed E-state index contributed by atoms with van der Waals surface area (Å²) in [7, 11) is 1.54. The Balaban J connectivity index is 3.98. The van der Waals surface area contributed by atoms with Gasteiger partial charge in [0.1, 0.15) is 4.83 Å². The van der Waals surface area contributed by atoms with Crippen LogP contribution in [0.2, 0.25) is 0 Å². The lowest BCUT2D eigenvalue weighted by Crippen LogP contribution is -2.40. The van der Waals surface area contributed by atoms with Gasteiger partial charge in [0, 0.05) is 12.6 Å². The number of alkyl halides is 4. The first-order valence-corrected chi connectivity index (χ1v) is 4.72. The van der Waals surface area contributed by atoms with Crippen LogP contribution in [0.25, 0.3) is 0 Å². The number of hydrogen-bond acceptors (Lipinski definition) is 2. The Labute approximate surface area is 83.8 Å². The summed E-state index contributed by atoms with van der Waals surface area (Å²) in [5, 5.41) is 8.68. The van der Waals surface area contributed by atoms with E-state index in [-0.39, 0.29) is 19.2 Å². The molecule has 0 fully saturated rings. The zero-order valence-electron chi connectivity index (χ0n) is 7.48. The molecule has 6 heteroatoms. The molecular weight excluding hydrogens is 251 g/mol. The first kappa shape index (κ1) is 13.2. The van der Waals surface area contributed by atoms with Crippen molar-refractivity contribution < 1.29 is 18.3 Å². The van der Waals surface area contributed by atoms with E-state index >= 15 is 0 Å². The molecule has 0 radical (unpaired) electrons. The molecule has 0 aromatic rings. The lowest BCUT2D eigenvalue weighted by molar-refractivity contribution is -0.131. The number of hydrogen-bond donors (Lipinski definition) is 1. The van der Waals surface area contributed by atoms with Gasteiger partial charge >= 0.3 is 6.18 Å². The third kappa shape index (κ3) is 4.83. The lowest BCUT2D eigenvalue weighted by Gasteiger charge is -2.26. The van der Waals surface area contributed by atoms with Crippen molar-refractivity contribution in [3.63, 3.8) is 0 Å². The third-order valence-electron chi connectivity index (χ3n) is 1.82. The monoisotopic (exact) mass is 263 g/mol. The van der Waals surface area contributed by atoms with Crippen molar-refractivity contribution in [2.45, 2.75) is 24.0 Å². The van der Waals surface area contributed by atoms with Gasteiger partial charge < -0.3 is 5.11 Å². The molecule has 0 amide bonds. The van der Waals surface area contributed by atoms with Crippen LogP contribution in [0.15, 0.2) is 0 Å². The highest BCUT2D eigenvalue weighted by atomic mass is 79.9. The van der Waals surface area contributed by atoms with Crippen LogP contribution in [0.3, 0.4) is 0 Å². The average Bonchev–Trinajstić information content (AvgIpc) is 2.01. The molecule has 0 bridgehead atoms. The van der Waals surface area contributed by atoms with Gasteiger partial charge in [0.25, 0.3) is 0 Å². The summed E-state index contributed by atoms with van der Waals surface area (Å²) >= 11 is 2.55. The van der Waals surface area contributed by atoms with Crippen LogP contribution in [-0.4, -0.2) is 47.3 Å². The van der Waals surface area contributed by atoms with Crippen molar-refractivity contribution in [2.75, 3.05) is 20.2 Å². The van der Waals surface area contributed by atoms with Gasteiger partial charge in [0.15, 0.2) is 0 Å². The normalized spacial score (nSPS) is 17.5. The molecule has 13 heavy (non-hydrogen) atoms. The summed E-state index contributed by atoms with van der Waals surface area (Å²) in [6, 6.07) is -0.262. The van der Waals surface area contributed by atoms with Crippen molar-refractivity contribution in [3.05, 3.63) is 0 Å². The number of nitrogens with zero attached hydrogens (tertiary/aromatic N) is 1. The molecule has 0 aliphatic carbocycles. The highest BCUT2D eigenvalue weighted by molar-refractivity contribution is 9.09. The molecule has 0 rings (SSSR count). The van der Waals surface area contributed by atoms with E-state index < -0.39 is 11.0 Å². The maximum atomic E-state index is 12.0. The minimum absolute atomic E-state index is 0.145. The van der Waals surface area contributed by atoms with Crippen LogP contribution in [0.5, 0.6) is 0 Å². The van der Waals surface area contributed by atoms with E-state index in [9.17, 15) is 13.2 Å². The average molecular weight is 264 g/mol. The first-order valence-electron chi connectivity index (χ1n) is 3.81. The van der Waals surface area contributed by atoms with E-state index in [1.807, 2.05) is 0 Å². The van der Waals surface area contributed by atoms with Crippen LogP contribution in [-0.2, 0) is 0 Å². The maximum absolute atomic E-state index is 12.0. The number of aliphatic hydroxyl groups excluding tert-OH is 1. The van der Waals surface area contributed by atoms with Gasteiger partial charge in [0.05, 0.1) is 6.61 Å². The zero-order valence-corrected chi connectivity index (χ0v) is 9.06. The summed E-state index contributed by atoms with van der Waals surface area (Å²) in [4.78, 5) is -0.0913. The minimum Gasteiger partial charge on any atom is -0.395 e. The topological polar surface area (TPSA) is 23.5 Å². The van der Waals surface area contributed by atoms with Crippen molar-refractivity contribution >= 4 is 15.9 Å². The fourth-order valence-electron chi connectivity index (χ4n) is 0.676. The Morgan fingerprint density at radius 1 is 1.46 bits per heavy atom. The number of rotatable bonds is 4. The summed E-state index contributed by atoms with van der Waals surface area (Å²) in [6.07, 6.45) is -4.23. The van der Waals surface area contributed by atoms with Gasteiger partial charge in [-0.1, -0.05) is 15.9 Å². The Morgan fingerprint density at radius 3 is 2.23 bits per heavy atom. The van der Waals surface area contributed by atoms with Crippen LogP contribution in [0, 0.1) is 0 Å². The number of aliphatic hydroxyl groups is 1. The molecule has 0 heterocycles. The molecule has 0 aliphatic rings. The van der Waals surface area contributed by atoms with E-state index in [1.165, 1.54) is 4.90 Å². The second-order valence-electron chi connectivity index (χ2n) is 2.98. The van der Waals surface area contributed by atoms with Gasteiger partial charge in [-0.2, -0.15) is 13.2 Å². The van der Waals surface area contributed by atoms with Crippen LogP contribution >= 0.6 is 15.9 Å². The molecule has 0 aromatic heterocycles. The van der Waals surface area contributed by atoms with Gasteiger partial charge in [-0.25, -0.2) is 0 Å². The predicted octanol–water partition coefficient (Wildman–Crippen LogP) is 1.62. The fraction of sp³-hybridized carbons (Fsp3) is 1.00. The lowest BCUT2D eigenvalue weighted by atomic mass is 10.3. The van der Waals surface area contributed by atoms with Gasteiger partial charge in [0.2, 0.25) is 0 Å². The quantitative estimate of drug-likeness (QED) is 0.780. The number of halogens is 4. The maximum Gasteiger partial charge on any atom is 0.402 e. The van der Waals surface area contributed by atoms with Crippen molar-refractivity contribution in [2.24, 2.45) is 0 Å². The van der Waals surface area contributed by atoms with Gasteiger partial charge in [-0.15, -0.1) is 0 Å². The van der Waals surface area contributed by atoms with Crippen molar-refractivity contribution in [1.29, 1.82) is 0 Å². The summed E-state index contributed by atoms with van der Waals surface area (Å²) in [6.45, 7) is 1.36. The molecule has 0 aromatic carbocycles. The van der Waals surface area contributed by atoms with Crippen molar-refractivity contribution in [1.82, 2.24) is 4.90 Å². The van der Waals surface area contributed by atoms with E-state index in [4.69, 9.17) is 5.11 Å². The highest BCUT2D eigenvalue weighted by Crippen LogP contribution is 2.26. The van der Waals surface area contributed by atoms with E-state index in [0.717, 1.165) is 0 Å². The molecular formula is C7H13BrF3NO. The minimum atomic E-state index is -4.23. The molecule has 2 nitrogen and oxygen atoms in total. The Hall–Kier alpha value is 0.190. The van der Waals surface area contributed by atoms with E-state index in [0.29, 0.717) is 0 Å². The van der Waals surface area contributed by atoms with E-state index in [1.54, 1.807) is 14.0 Å². The van der Waals surface area contributed by atoms with Crippen LogP contribution < -0.4 is 0 Å². The second kappa shape index (κ2) is 5.17.